The van der Waals surface area contributed by atoms with Crippen molar-refractivity contribution in [2.75, 3.05) is 13.3 Å². The van der Waals surface area contributed by atoms with Gasteiger partial charge in [0.25, 0.3) is 6.43 Å². The molecule has 1 aromatic rings. The Labute approximate surface area is 124 Å². The molecule has 0 fully saturated rings. The average Bonchev–Trinajstić information content (AvgIpc) is 2.36. The normalized spacial score (nSPS) is 16.0. The number of ether oxygens (including phenoxy) is 1. The van der Waals surface area contributed by atoms with Crippen LogP contribution < -0.4 is 10.5 Å². The minimum absolute atomic E-state index is 0.0361. The average molecular weight is 355 g/mol. The van der Waals surface area contributed by atoms with Crippen LogP contribution >= 0.6 is 15.9 Å². The van der Waals surface area contributed by atoms with Crippen LogP contribution in [0.15, 0.2) is 16.7 Å². The molecule has 0 saturated carbocycles. The molecule has 1 rings (SSSR count). The largest absolute Gasteiger partial charge is 0.491 e. The molecule has 2 atom stereocenters. The molecule has 0 amide bonds. The number of nitrogens with two attached hydrogens (primary N) is 1. The van der Waals surface area contributed by atoms with Crippen LogP contribution in [0.1, 0.15) is 32.4 Å². The zero-order valence-electron chi connectivity index (χ0n) is 11.4. The summed E-state index contributed by atoms with van der Waals surface area (Å²) in [5.41, 5.74) is 4.38. The summed E-state index contributed by atoms with van der Waals surface area (Å²) in [6.45, 7) is 2.97. The Morgan fingerprint density at radius 1 is 1.45 bits per heavy atom. The molecule has 20 heavy (non-hydrogen) atoms. The molecule has 2 unspecified atom stereocenters. The molecule has 0 aliphatic rings. The van der Waals surface area contributed by atoms with Gasteiger partial charge in [0, 0.05) is 5.54 Å². The van der Waals surface area contributed by atoms with Gasteiger partial charge in [0.2, 0.25) is 0 Å². The maximum absolute atomic E-state index is 12.8. The predicted molar refractivity (Wildman–Crippen MR) is 74.7 cm³/mol. The Kier molecular flexibility index (Phi) is 6.26. The van der Waals surface area contributed by atoms with Crippen molar-refractivity contribution < 1.29 is 17.9 Å². The number of aromatic nitrogens is 1. The van der Waals surface area contributed by atoms with Gasteiger partial charge in [-0.1, -0.05) is 6.92 Å². The van der Waals surface area contributed by atoms with E-state index in [1.807, 2.05) is 6.92 Å². The SMILES string of the molecule is CC(COc1ccc(Br)nc1C(F)F)CC(C)(N)CF. The van der Waals surface area contributed by atoms with E-state index in [1.165, 1.54) is 12.1 Å². The lowest BCUT2D eigenvalue weighted by atomic mass is 9.92. The van der Waals surface area contributed by atoms with Gasteiger partial charge in [-0.3, -0.25) is 0 Å². The number of rotatable bonds is 7. The van der Waals surface area contributed by atoms with Crippen LogP contribution in [-0.2, 0) is 0 Å². The quantitative estimate of drug-likeness (QED) is 0.756. The van der Waals surface area contributed by atoms with E-state index in [4.69, 9.17) is 10.5 Å². The fourth-order valence-corrected chi connectivity index (χ4v) is 2.18. The van der Waals surface area contributed by atoms with Crippen molar-refractivity contribution in [3.05, 3.63) is 22.4 Å². The molecule has 2 N–H and O–H groups in total. The van der Waals surface area contributed by atoms with Gasteiger partial charge in [-0.25, -0.2) is 18.2 Å². The Bertz CT molecular complexity index is 444. The second-order valence-corrected chi connectivity index (χ2v) is 6.04. The maximum atomic E-state index is 12.8. The third kappa shape index (κ3) is 5.28. The first kappa shape index (κ1) is 17.2. The van der Waals surface area contributed by atoms with E-state index in [-0.39, 0.29) is 18.3 Å². The zero-order chi connectivity index (χ0) is 15.3. The van der Waals surface area contributed by atoms with E-state index in [0.717, 1.165) is 0 Å². The van der Waals surface area contributed by atoms with E-state index in [2.05, 4.69) is 20.9 Å². The van der Waals surface area contributed by atoms with Crippen LogP contribution in [0.2, 0.25) is 0 Å². The molecule has 0 aliphatic heterocycles. The Balaban J connectivity index is 2.66. The van der Waals surface area contributed by atoms with Gasteiger partial charge in [-0.2, -0.15) is 0 Å². The zero-order valence-corrected chi connectivity index (χ0v) is 13.0. The molecule has 114 valence electrons. The van der Waals surface area contributed by atoms with E-state index in [1.54, 1.807) is 6.92 Å². The summed E-state index contributed by atoms with van der Waals surface area (Å²) in [4.78, 5) is 3.70. The van der Waals surface area contributed by atoms with Crippen LogP contribution in [0.3, 0.4) is 0 Å². The highest BCUT2D eigenvalue weighted by atomic mass is 79.9. The van der Waals surface area contributed by atoms with Crippen LogP contribution in [0.25, 0.3) is 0 Å². The van der Waals surface area contributed by atoms with Gasteiger partial charge in [0.05, 0.1) is 6.61 Å². The van der Waals surface area contributed by atoms with Crippen molar-refractivity contribution in [3.8, 4) is 5.75 Å². The van der Waals surface area contributed by atoms with Crippen molar-refractivity contribution in [1.82, 2.24) is 4.98 Å². The maximum Gasteiger partial charge on any atom is 0.284 e. The van der Waals surface area contributed by atoms with E-state index >= 15 is 0 Å². The number of halogens is 4. The smallest absolute Gasteiger partial charge is 0.284 e. The third-order valence-corrected chi connectivity index (χ3v) is 3.14. The van der Waals surface area contributed by atoms with Gasteiger partial charge in [-0.15, -0.1) is 0 Å². The summed E-state index contributed by atoms with van der Waals surface area (Å²) in [7, 11) is 0. The fraction of sp³-hybridized carbons (Fsp3) is 0.615. The van der Waals surface area contributed by atoms with Crippen molar-refractivity contribution in [2.24, 2.45) is 11.7 Å². The first-order chi connectivity index (χ1) is 9.25. The van der Waals surface area contributed by atoms with Gasteiger partial charge in [0.15, 0.2) is 0 Å². The molecule has 0 spiro atoms. The Morgan fingerprint density at radius 2 is 2.10 bits per heavy atom. The molecule has 0 aromatic carbocycles. The summed E-state index contributed by atoms with van der Waals surface area (Å²) in [5.74, 6) is -0.0241. The summed E-state index contributed by atoms with van der Waals surface area (Å²) in [6, 6.07) is 2.96. The Morgan fingerprint density at radius 3 is 2.65 bits per heavy atom. The van der Waals surface area contributed by atoms with E-state index < -0.39 is 24.3 Å². The third-order valence-electron chi connectivity index (χ3n) is 2.70. The highest BCUT2D eigenvalue weighted by Gasteiger charge is 2.23. The monoisotopic (exact) mass is 354 g/mol. The fourth-order valence-electron chi connectivity index (χ4n) is 1.86. The van der Waals surface area contributed by atoms with Gasteiger partial charge >= 0.3 is 0 Å². The van der Waals surface area contributed by atoms with Crippen LogP contribution in [0.5, 0.6) is 5.75 Å². The summed E-state index contributed by atoms with van der Waals surface area (Å²) in [6.07, 6.45) is -2.32. The summed E-state index contributed by atoms with van der Waals surface area (Å²) >= 11 is 3.04. The highest BCUT2D eigenvalue weighted by molar-refractivity contribution is 9.10. The lowest BCUT2D eigenvalue weighted by Crippen LogP contribution is -2.41. The van der Waals surface area contributed by atoms with Gasteiger partial charge in [0.1, 0.15) is 22.7 Å². The number of pyridine rings is 1. The molecule has 7 heteroatoms. The van der Waals surface area contributed by atoms with Crippen LogP contribution in [-0.4, -0.2) is 23.8 Å². The van der Waals surface area contributed by atoms with Gasteiger partial charge < -0.3 is 10.5 Å². The number of alkyl halides is 3. The highest BCUT2D eigenvalue weighted by Crippen LogP contribution is 2.29. The minimum atomic E-state index is -2.72. The molecule has 0 aliphatic carbocycles. The van der Waals surface area contributed by atoms with Gasteiger partial charge in [-0.05, 0) is 47.3 Å². The first-order valence-corrected chi connectivity index (χ1v) is 6.96. The lowest BCUT2D eigenvalue weighted by molar-refractivity contribution is 0.135. The number of nitrogens with zero attached hydrogens (tertiary/aromatic N) is 1. The van der Waals surface area contributed by atoms with Crippen molar-refractivity contribution in [1.29, 1.82) is 0 Å². The second-order valence-electron chi connectivity index (χ2n) is 5.23. The topological polar surface area (TPSA) is 48.1 Å². The lowest BCUT2D eigenvalue weighted by Gasteiger charge is -2.25. The van der Waals surface area contributed by atoms with Crippen molar-refractivity contribution in [2.45, 2.75) is 32.2 Å². The molecule has 3 nitrogen and oxygen atoms in total. The predicted octanol–water partition coefficient (Wildman–Crippen LogP) is 3.87. The van der Waals surface area contributed by atoms with Crippen LogP contribution in [0, 0.1) is 5.92 Å². The number of hydrogen-bond donors (Lipinski definition) is 1. The second kappa shape index (κ2) is 7.26. The van der Waals surface area contributed by atoms with Crippen molar-refractivity contribution >= 4 is 15.9 Å². The summed E-state index contributed by atoms with van der Waals surface area (Å²) in [5, 5.41) is 0. The Hall–Kier alpha value is -0.820. The molecular formula is C13H18BrF3N2O. The van der Waals surface area contributed by atoms with Crippen molar-refractivity contribution in [3.63, 3.8) is 0 Å². The molecular weight excluding hydrogens is 337 g/mol. The first-order valence-electron chi connectivity index (χ1n) is 6.17. The molecule has 1 aromatic heterocycles. The van der Waals surface area contributed by atoms with Crippen LogP contribution in [0.4, 0.5) is 13.2 Å². The molecule has 0 saturated heterocycles. The molecule has 0 radical (unpaired) electrons. The molecule has 0 bridgehead atoms. The van der Waals surface area contributed by atoms with E-state index in [0.29, 0.717) is 11.0 Å². The summed E-state index contributed by atoms with van der Waals surface area (Å²) < 4.78 is 44.0. The standard InChI is InChI=1S/C13H18BrF3N2O/c1-8(5-13(2,18)7-15)6-20-9-3-4-10(14)19-11(9)12(16)17/h3-4,8,12H,5-7,18H2,1-2H3. The van der Waals surface area contributed by atoms with E-state index in [9.17, 15) is 13.2 Å². The number of hydrogen-bond acceptors (Lipinski definition) is 3. The minimum Gasteiger partial charge on any atom is -0.491 e. The molecule has 1 heterocycles.